The molecule has 0 aliphatic heterocycles. The highest BCUT2D eigenvalue weighted by Crippen LogP contribution is 2.21. The maximum atomic E-state index is 13.0. The summed E-state index contributed by atoms with van der Waals surface area (Å²) in [5, 5.41) is 4.65. The molecule has 0 saturated carbocycles. The minimum atomic E-state index is -1.07. The van der Waals surface area contributed by atoms with Crippen molar-refractivity contribution in [2.45, 2.75) is 65.6 Å². The summed E-state index contributed by atoms with van der Waals surface area (Å²) in [7, 11) is 1.62. The fraction of sp³-hybridized carbons (Fsp3) is 0.444. The highest BCUT2D eigenvalue weighted by molar-refractivity contribution is 5.79. The van der Waals surface area contributed by atoms with Crippen molar-refractivity contribution in [3.63, 3.8) is 0 Å². The number of methoxy groups -OCH3 is 1. The van der Waals surface area contributed by atoms with Crippen LogP contribution in [-0.2, 0) is 35.5 Å². The van der Waals surface area contributed by atoms with E-state index in [4.69, 9.17) is 14.2 Å². The lowest BCUT2D eigenvalue weighted by atomic mass is 10.1. The van der Waals surface area contributed by atoms with Crippen molar-refractivity contribution < 1.29 is 19.0 Å². The zero-order valence-corrected chi connectivity index (χ0v) is 21.2. The smallest absolute Gasteiger partial charge is 0.349 e. The number of aryl methyl sites for hydroxylation is 2. The molecular weight excluding hydrogens is 446 g/mol. The zero-order chi connectivity index (χ0) is 25.4. The molecule has 3 rings (SSSR count). The summed E-state index contributed by atoms with van der Waals surface area (Å²) in [6, 6.07) is 15.3. The molecule has 1 aromatic heterocycles. The standard InChI is InChI=1S/C27H35N3O5/c1-6-17-29-24(28-30(26(29)32)19-21-9-8-10-23(18-21)33-5)16-13-20-11-14-22(15-12-20)35-27(3,4)25(31)34-7-2/h8-12,14-15,18H,6-7,13,16-17,19H2,1-5H3. The van der Waals surface area contributed by atoms with Crippen LogP contribution in [0.1, 0.15) is 51.1 Å². The maximum absolute atomic E-state index is 13.0. The molecule has 8 heteroatoms. The lowest BCUT2D eigenvalue weighted by Gasteiger charge is -2.24. The number of hydrogen-bond donors (Lipinski definition) is 0. The van der Waals surface area contributed by atoms with Gasteiger partial charge in [0.15, 0.2) is 5.60 Å². The van der Waals surface area contributed by atoms with Gasteiger partial charge in [-0.3, -0.25) is 4.57 Å². The number of carbonyl (C=O) groups is 1. The van der Waals surface area contributed by atoms with Crippen LogP contribution in [-0.4, -0.2) is 39.6 Å². The molecule has 3 aromatic rings. The summed E-state index contributed by atoms with van der Waals surface area (Å²) >= 11 is 0. The Kier molecular flexibility index (Phi) is 8.73. The number of aromatic nitrogens is 3. The van der Waals surface area contributed by atoms with Crippen molar-refractivity contribution >= 4 is 5.97 Å². The predicted octanol–water partition coefficient (Wildman–Crippen LogP) is 4.02. The van der Waals surface area contributed by atoms with Gasteiger partial charge in [-0.1, -0.05) is 31.2 Å². The van der Waals surface area contributed by atoms with Gasteiger partial charge in [-0.25, -0.2) is 14.3 Å². The molecule has 188 valence electrons. The van der Waals surface area contributed by atoms with Crippen molar-refractivity contribution in [1.82, 2.24) is 14.3 Å². The Labute approximate surface area is 206 Å². The highest BCUT2D eigenvalue weighted by atomic mass is 16.6. The third-order valence-corrected chi connectivity index (χ3v) is 5.61. The number of carbonyl (C=O) groups excluding carboxylic acids is 1. The molecule has 8 nitrogen and oxygen atoms in total. The number of nitrogens with zero attached hydrogens (tertiary/aromatic N) is 3. The van der Waals surface area contributed by atoms with Gasteiger partial charge < -0.3 is 14.2 Å². The van der Waals surface area contributed by atoms with E-state index in [1.807, 2.05) is 55.5 Å². The van der Waals surface area contributed by atoms with Gasteiger partial charge in [0.1, 0.15) is 17.3 Å². The number of ether oxygens (including phenoxy) is 3. The third kappa shape index (κ3) is 6.74. The average Bonchev–Trinajstić information content (AvgIpc) is 3.13. The first-order valence-electron chi connectivity index (χ1n) is 12.0. The van der Waals surface area contributed by atoms with E-state index >= 15 is 0 Å². The largest absolute Gasteiger partial charge is 0.497 e. The molecule has 2 aromatic carbocycles. The van der Waals surface area contributed by atoms with E-state index in [2.05, 4.69) is 5.10 Å². The molecule has 0 spiro atoms. The number of hydrogen-bond acceptors (Lipinski definition) is 6. The Hall–Kier alpha value is -3.55. The first-order chi connectivity index (χ1) is 16.8. The Morgan fingerprint density at radius 3 is 2.40 bits per heavy atom. The van der Waals surface area contributed by atoms with Crippen LogP contribution >= 0.6 is 0 Å². The maximum Gasteiger partial charge on any atom is 0.349 e. The molecule has 35 heavy (non-hydrogen) atoms. The molecule has 0 fully saturated rings. The normalized spacial score (nSPS) is 11.3. The topological polar surface area (TPSA) is 84.6 Å². The molecule has 0 atom stereocenters. The fourth-order valence-electron chi connectivity index (χ4n) is 3.79. The molecule has 0 aliphatic carbocycles. The fourth-order valence-corrected chi connectivity index (χ4v) is 3.79. The van der Waals surface area contributed by atoms with E-state index in [0.29, 0.717) is 31.9 Å². The molecular formula is C27H35N3O5. The van der Waals surface area contributed by atoms with Crippen molar-refractivity contribution in [2.24, 2.45) is 0 Å². The van der Waals surface area contributed by atoms with Gasteiger partial charge in [-0.05, 0) is 69.0 Å². The van der Waals surface area contributed by atoms with Crippen LogP contribution in [0, 0.1) is 0 Å². The average molecular weight is 482 g/mol. The number of rotatable bonds is 12. The first kappa shape index (κ1) is 26.1. The van der Waals surface area contributed by atoms with Gasteiger partial charge in [0.05, 0.1) is 20.3 Å². The van der Waals surface area contributed by atoms with Crippen LogP contribution in [0.3, 0.4) is 0 Å². The molecule has 0 radical (unpaired) electrons. The van der Waals surface area contributed by atoms with Gasteiger partial charge in [-0.15, -0.1) is 0 Å². The van der Waals surface area contributed by atoms with E-state index in [0.717, 1.165) is 35.5 Å². The van der Waals surface area contributed by atoms with Crippen LogP contribution in [0.25, 0.3) is 0 Å². The summed E-state index contributed by atoms with van der Waals surface area (Å²) in [6.07, 6.45) is 2.20. The van der Waals surface area contributed by atoms with Crippen molar-refractivity contribution in [1.29, 1.82) is 0 Å². The number of benzene rings is 2. The lowest BCUT2D eigenvalue weighted by molar-refractivity contribution is -0.158. The van der Waals surface area contributed by atoms with Crippen LogP contribution in [0.2, 0.25) is 0 Å². The Morgan fingerprint density at radius 2 is 1.74 bits per heavy atom. The van der Waals surface area contributed by atoms with Crippen LogP contribution in [0.4, 0.5) is 0 Å². The van der Waals surface area contributed by atoms with E-state index in [9.17, 15) is 9.59 Å². The minimum Gasteiger partial charge on any atom is -0.497 e. The van der Waals surface area contributed by atoms with Gasteiger partial charge in [-0.2, -0.15) is 5.10 Å². The monoisotopic (exact) mass is 481 g/mol. The number of esters is 1. The SMILES string of the molecule is CCCn1c(CCc2ccc(OC(C)(C)C(=O)OCC)cc2)nn(Cc2cccc(OC)c2)c1=O. The van der Waals surface area contributed by atoms with Gasteiger partial charge >= 0.3 is 11.7 Å². The van der Waals surface area contributed by atoms with E-state index < -0.39 is 11.6 Å². The Morgan fingerprint density at radius 1 is 1.00 bits per heavy atom. The highest BCUT2D eigenvalue weighted by Gasteiger charge is 2.31. The van der Waals surface area contributed by atoms with Gasteiger partial charge in [0.2, 0.25) is 0 Å². The second kappa shape index (κ2) is 11.7. The molecule has 1 heterocycles. The van der Waals surface area contributed by atoms with Crippen LogP contribution in [0.5, 0.6) is 11.5 Å². The van der Waals surface area contributed by atoms with Crippen LogP contribution < -0.4 is 15.2 Å². The summed E-state index contributed by atoms with van der Waals surface area (Å²) in [5.74, 6) is 1.71. The van der Waals surface area contributed by atoms with Crippen molar-refractivity contribution in [3.05, 3.63) is 76.0 Å². The van der Waals surface area contributed by atoms with Crippen molar-refractivity contribution in [2.75, 3.05) is 13.7 Å². The third-order valence-electron chi connectivity index (χ3n) is 5.61. The summed E-state index contributed by atoms with van der Waals surface area (Å²) < 4.78 is 19.5. The Balaban J connectivity index is 1.70. The van der Waals surface area contributed by atoms with E-state index in [-0.39, 0.29) is 5.69 Å². The summed E-state index contributed by atoms with van der Waals surface area (Å²) in [5.41, 5.74) is 0.878. The lowest BCUT2D eigenvalue weighted by Crippen LogP contribution is -2.39. The van der Waals surface area contributed by atoms with Crippen LogP contribution in [0.15, 0.2) is 53.3 Å². The van der Waals surface area contributed by atoms with E-state index in [1.165, 1.54) is 4.68 Å². The minimum absolute atomic E-state index is 0.102. The second-order valence-corrected chi connectivity index (χ2v) is 8.84. The van der Waals surface area contributed by atoms with Gasteiger partial charge in [0.25, 0.3) is 0 Å². The molecule has 0 unspecified atom stereocenters. The first-order valence-corrected chi connectivity index (χ1v) is 12.0. The van der Waals surface area contributed by atoms with Crippen molar-refractivity contribution in [3.8, 4) is 11.5 Å². The van der Waals surface area contributed by atoms with Gasteiger partial charge in [0, 0.05) is 13.0 Å². The summed E-state index contributed by atoms with van der Waals surface area (Å²) in [4.78, 5) is 25.1. The van der Waals surface area contributed by atoms with E-state index in [1.54, 1.807) is 32.4 Å². The molecule has 0 aliphatic rings. The summed E-state index contributed by atoms with van der Waals surface area (Å²) in [6.45, 7) is 8.52. The molecule has 0 saturated heterocycles. The zero-order valence-electron chi connectivity index (χ0n) is 21.2. The Bertz CT molecular complexity index is 1180. The molecule has 0 bridgehead atoms. The quantitative estimate of drug-likeness (QED) is 0.363. The predicted molar refractivity (Wildman–Crippen MR) is 134 cm³/mol. The molecule has 0 amide bonds. The second-order valence-electron chi connectivity index (χ2n) is 8.84. The molecule has 0 N–H and O–H groups in total.